The van der Waals surface area contributed by atoms with Gasteiger partial charge in [-0.25, -0.2) is 0 Å². The number of nitriles is 1. The summed E-state index contributed by atoms with van der Waals surface area (Å²) in [6.45, 7) is 8.52. The number of morpholine rings is 1. The monoisotopic (exact) mass is 282 g/mol. The Morgan fingerprint density at radius 1 is 1.48 bits per heavy atom. The van der Waals surface area contributed by atoms with Crippen molar-refractivity contribution in [2.75, 3.05) is 31.2 Å². The summed E-state index contributed by atoms with van der Waals surface area (Å²) in [6.07, 6.45) is 7.28. The minimum absolute atomic E-state index is 0.292. The van der Waals surface area contributed by atoms with Gasteiger partial charge in [0, 0.05) is 24.8 Å². The van der Waals surface area contributed by atoms with Crippen LogP contribution in [-0.2, 0) is 4.74 Å². The molecule has 2 heterocycles. The van der Waals surface area contributed by atoms with Crippen molar-refractivity contribution in [2.45, 2.75) is 6.92 Å². The second-order valence-electron chi connectivity index (χ2n) is 4.57. The molecule has 5 heteroatoms. The van der Waals surface area contributed by atoms with Crippen molar-refractivity contribution in [3.63, 3.8) is 0 Å². The lowest BCUT2D eigenvalue weighted by molar-refractivity contribution is 0.122. The fourth-order valence-electron chi connectivity index (χ4n) is 2.17. The number of hydrogen-bond acceptors (Lipinski definition) is 5. The molecule has 1 aromatic heterocycles. The van der Waals surface area contributed by atoms with Crippen molar-refractivity contribution in [3.05, 3.63) is 41.9 Å². The molecule has 0 amide bonds. The first-order valence-electron chi connectivity index (χ1n) is 6.81. The summed E-state index contributed by atoms with van der Waals surface area (Å²) < 4.78 is 5.36. The molecule has 0 unspecified atom stereocenters. The van der Waals surface area contributed by atoms with E-state index in [4.69, 9.17) is 10.00 Å². The number of rotatable bonds is 4. The Hall–Kier alpha value is -2.45. The van der Waals surface area contributed by atoms with E-state index in [2.05, 4.69) is 27.7 Å². The van der Waals surface area contributed by atoms with Crippen LogP contribution in [0.25, 0.3) is 5.57 Å². The molecule has 1 fully saturated rings. The third-order valence-corrected chi connectivity index (χ3v) is 3.32. The maximum atomic E-state index is 8.96. The van der Waals surface area contributed by atoms with Gasteiger partial charge in [0.15, 0.2) is 0 Å². The van der Waals surface area contributed by atoms with Crippen molar-refractivity contribution in [1.82, 2.24) is 4.98 Å². The first-order valence-corrected chi connectivity index (χ1v) is 6.81. The van der Waals surface area contributed by atoms with Gasteiger partial charge in [-0.3, -0.25) is 9.98 Å². The number of pyridine rings is 1. The zero-order valence-electron chi connectivity index (χ0n) is 12.1. The Morgan fingerprint density at radius 2 is 2.24 bits per heavy atom. The second kappa shape index (κ2) is 7.36. The molecule has 0 spiro atoms. The minimum atomic E-state index is 0.292. The number of aliphatic imine (C=N–C) groups is 1. The van der Waals surface area contributed by atoms with Crippen molar-refractivity contribution >= 4 is 18.0 Å². The average Bonchev–Trinajstić information content (AvgIpc) is 2.57. The maximum absolute atomic E-state index is 8.96. The zero-order valence-corrected chi connectivity index (χ0v) is 12.1. The lowest BCUT2D eigenvalue weighted by Gasteiger charge is -2.28. The number of ether oxygens (including phenoxy) is 1. The van der Waals surface area contributed by atoms with E-state index in [9.17, 15) is 0 Å². The van der Waals surface area contributed by atoms with Gasteiger partial charge in [-0.15, -0.1) is 0 Å². The summed E-state index contributed by atoms with van der Waals surface area (Å²) >= 11 is 0. The Balaban J connectivity index is 2.29. The first-order chi connectivity index (χ1) is 10.3. The van der Waals surface area contributed by atoms with E-state index in [1.165, 1.54) is 0 Å². The van der Waals surface area contributed by atoms with Gasteiger partial charge in [0.05, 0.1) is 25.1 Å². The lowest BCUT2D eigenvalue weighted by Crippen LogP contribution is -2.36. The molecule has 21 heavy (non-hydrogen) atoms. The van der Waals surface area contributed by atoms with Crippen LogP contribution in [-0.4, -0.2) is 38.0 Å². The van der Waals surface area contributed by atoms with E-state index in [-0.39, 0.29) is 0 Å². The molecular weight excluding hydrogens is 264 g/mol. The Bertz CT molecular complexity index is 607. The molecular formula is C16H18N4O. The molecule has 108 valence electrons. The maximum Gasteiger partial charge on any atom is 0.140 e. The van der Waals surface area contributed by atoms with Gasteiger partial charge in [0.2, 0.25) is 0 Å². The van der Waals surface area contributed by atoms with Crippen LogP contribution in [0.5, 0.6) is 0 Å². The molecule has 0 radical (unpaired) electrons. The van der Waals surface area contributed by atoms with Crippen LogP contribution in [0.4, 0.5) is 5.69 Å². The van der Waals surface area contributed by atoms with Gasteiger partial charge in [0.1, 0.15) is 11.8 Å². The number of hydrogen-bond donors (Lipinski definition) is 0. The Kier molecular flexibility index (Phi) is 5.24. The van der Waals surface area contributed by atoms with Crippen molar-refractivity contribution in [1.29, 1.82) is 5.26 Å². The molecule has 0 N–H and O–H groups in total. The molecule has 0 atom stereocenters. The first kappa shape index (κ1) is 14.9. The van der Waals surface area contributed by atoms with E-state index >= 15 is 0 Å². The Morgan fingerprint density at radius 3 is 2.86 bits per heavy atom. The summed E-state index contributed by atoms with van der Waals surface area (Å²) in [5.74, 6) is 0. The van der Waals surface area contributed by atoms with Gasteiger partial charge < -0.3 is 9.64 Å². The molecule has 5 nitrogen and oxygen atoms in total. The van der Waals surface area contributed by atoms with E-state index in [0.717, 1.165) is 43.1 Å². The van der Waals surface area contributed by atoms with E-state index in [0.29, 0.717) is 5.70 Å². The highest BCUT2D eigenvalue weighted by atomic mass is 16.5. The third-order valence-electron chi connectivity index (χ3n) is 3.32. The summed E-state index contributed by atoms with van der Waals surface area (Å²) in [7, 11) is 0. The molecule has 2 rings (SSSR count). The molecule has 0 saturated carbocycles. The SMILES string of the molecule is C=N/C(C#N)=C\C(=C/C)c1cncc(N2CCOCC2)c1. The van der Waals surface area contributed by atoms with Crippen LogP contribution in [0.1, 0.15) is 12.5 Å². The fourth-order valence-corrected chi connectivity index (χ4v) is 2.17. The van der Waals surface area contributed by atoms with Crippen molar-refractivity contribution in [2.24, 2.45) is 4.99 Å². The van der Waals surface area contributed by atoms with E-state index in [1.807, 2.05) is 25.3 Å². The average molecular weight is 282 g/mol. The molecule has 1 aromatic rings. The highest BCUT2D eigenvalue weighted by Crippen LogP contribution is 2.23. The fraction of sp³-hybridized carbons (Fsp3) is 0.312. The topological polar surface area (TPSA) is 61.5 Å². The highest BCUT2D eigenvalue weighted by molar-refractivity contribution is 5.76. The van der Waals surface area contributed by atoms with Crippen LogP contribution in [0.3, 0.4) is 0 Å². The van der Waals surface area contributed by atoms with Gasteiger partial charge in [-0.2, -0.15) is 5.26 Å². The molecule has 1 aliphatic heterocycles. The largest absolute Gasteiger partial charge is 0.378 e. The van der Waals surface area contributed by atoms with Crippen molar-refractivity contribution in [3.8, 4) is 6.07 Å². The van der Waals surface area contributed by atoms with Crippen LogP contribution < -0.4 is 4.90 Å². The van der Waals surface area contributed by atoms with E-state index in [1.54, 1.807) is 12.3 Å². The summed E-state index contributed by atoms with van der Waals surface area (Å²) in [5, 5.41) is 8.96. The number of aromatic nitrogens is 1. The smallest absolute Gasteiger partial charge is 0.140 e. The van der Waals surface area contributed by atoms with E-state index < -0.39 is 0 Å². The van der Waals surface area contributed by atoms with Gasteiger partial charge in [-0.05, 0) is 31.4 Å². The van der Waals surface area contributed by atoms with Crippen molar-refractivity contribution < 1.29 is 4.74 Å². The van der Waals surface area contributed by atoms with Crippen LogP contribution >= 0.6 is 0 Å². The van der Waals surface area contributed by atoms with Gasteiger partial charge >= 0.3 is 0 Å². The number of anilines is 1. The second-order valence-corrected chi connectivity index (χ2v) is 4.57. The third kappa shape index (κ3) is 3.77. The summed E-state index contributed by atoms with van der Waals surface area (Å²) in [5.41, 5.74) is 3.22. The van der Waals surface area contributed by atoms with Crippen LogP contribution in [0, 0.1) is 11.3 Å². The molecule has 1 aliphatic rings. The predicted octanol–water partition coefficient (Wildman–Crippen LogP) is 2.43. The highest BCUT2D eigenvalue weighted by Gasteiger charge is 2.12. The quantitative estimate of drug-likeness (QED) is 0.483. The number of nitrogens with zero attached hydrogens (tertiary/aromatic N) is 4. The van der Waals surface area contributed by atoms with Gasteiger partial charge in [-0.1, -0.05) is 6.08 Å². The van der Waals surface area contributed by atoms with Gasteiger partial charge in [0.25, 0.3) is 0 Å². The molecule has 1 saturated heterocycles. The summed E-state index contributed by atoms with van der Waals surface area (Å²) in [6, 6.07) is 4.08. The normalized spacial score (nSPS) is 16.5. The molecule has 0 aliphatic carbocycles. The van der Waals surface area contributed by atoms with Crippen LogP contribution in [0.2, 0.25) is 0 Å². The zero-order chi connectivity index (χ0) is 15.1. The minimum Gasteiger partial charge on any atom is -0.378 e. The van der Waals surface area contributed by atoms with Crippen LogP contribution in [0.15, 0.2) is 41.3 Å². The molecule has 0 bridgehead atoms. The Labute approximate surface area is 124 Å². The predicted molar refractivity (Wildman–Crippen MR) is 84.2 cm³/mol. The summed E-state index contributed by atoms with van der Waals surface area (Å²) in [4.78, 5) is 10.2. The molecule has 0 aromatic carbocycles. The standard InChI is InChI=1S/C16H18N4O/c1-3-13(8-15(10-17)18-2)14-9-16(12-19-11-14)20-4-6-21-7-5-20/h3,8-9,11-12H,2,4-7H2,1H3/b13-3+,15-8-. The lowest BCUT2D eigenvalue weighted by atomic mass is 10.1. The number of allylic oxidation sites excluding steroid dienone is 4.